The molecule has 0 radical (unpaired) electrons. The fraction of sp³-hybridized carbons (Fsp3) is 1.00. The van der Waals surface area contributed by atoms with E-state index in [1.165, 1.54) is 7.05 Å². The number of alkyl halides is 3. The molecule has 1 saturated heterocycles. The summed E-state index contributed by atoms with van der Waals surface area (Å²) in [5, 5.41) is 0. The number of hydrogen-bond donors (Lipinski definition) is 0. The average Bonchev–Trinajstić information content (AvgIpc) is 2.16. The third-order valence-electron chi connectivity index (χ3n) is 3.46. The molecule has 1 aliphatic rings. The molecule has 4 heteroatoms. The van der Waals surface area contributed by atoms with E-state index in [0.717, 1.165) is 19.3 Å². The second kappa shape index (κ2) is 4.73. The second-order valence-electron chi connectivity index (χ2n) is 4.75. The summed E-state index contributed by atoms with van der Waals surface area (Å²) in [5.41, 5.74) is 0. The highest BCUT2D eigenvalue weighted by atomic mass is 19.3. The van der Waals surface area contributed by atoms with Gasteiger partial charge in [0.2, 0.25) is 6.17 Å². The molecular formula is C11H21F3N+. The Morgan fingerprint density at radius 3 is 2.60 bits per heavy atom. The van der Waals surface area contributed by atoms with Crippen molar-refractivity contribution >= 4 is 0 Å². The number of halogens is 3. The Morgan fingerprint density at radius 2 is 2.00 bits per heavy atom. The van der Waals surface area contributed by atoms with Crippen molar-refractivity contribution in [3.63, 3.8) is 0 Å². The van der Waals surface area contributed by atoms with E-state index in [1.54, 1.807) is 0 Å². The lowest BCUT2D eigenvalue weighted by atomic mass is 10.0. The molecule has 1 aliphatic heterocycles. The number of likely N-dealkylation sites (tertiary alicyclic amines) is 1. The molecule has 2 atom stereocenters. The highest BCUT2D eigenvalue weighted by Crippen LogP contribution is 2.39. The number of unbranched alkanes of at least 4 members (excludes halogenated alkanes) is 2. The third-order valence-corrected chi connectivity index (χ3v) is 3.46. The molecule has 2 unspecified atom stereocenters. The number of nitrogens with zero attached hydrogens (tertiary/aromatic N) is 1. The lowest BCUT2D eigenvalue weighted by Gasteiger charge is -2.45. The van der Waals surface area contributed by atoms with E-state index in [9.17, 15) is 13.2 Å². The molecule has 0 aromatic heterocycles. The minimum atomic E-state index is -3.19. The molecule has 1 heterocycles. The van der Waals surface area contributed by atoms with Crippen LogP contribution in [0.4, 0.5) is 13.2 Å². The van der Waals surface area contributed by atoms with Crippen LogP contribution >= 0.6 is 0 Å². The first-order valence-electron chi connectivity index (χ1n) is 5.80. The van der Waals surface area contributed by atoms with Gasteiger partial charge in [-0.2, -0.15) is 0 Å². The molecule has 90 valence electrons. The maximum Gasteiger partial charge on any atom is 0.421 e. The molecule has 1 rings (SSSR count). The van der Waals surface area contributed by atoms with Crippen LogP contribution in [0.5, 0.6) is 0 Å². The summed E-state index contributed by atoms with van der Waals surface area (Å²) in [6.45, 7) is 2.82. The Balaban J connectivity index is 2.62. The van der Waals surface area contributed by atoms with Crippen LogP contribution in [-0.4, -0.2) is 36.8 Å². The van der Waals surface area contributed by atoms with Gasteiger partial charge in [0.05, 0.1) is 20.1 Å². The average molecular weight is 224 g/mol. The van der Waals surface area contributed by atoms with E-state index < -0.39 is 16.7 Å². The molecule has 15 heavy (non-hydrogen) atoms. The third kappa shape index (κ3) is 2.47. The lowest BCUT2D eigenvalue weighted by Crippen LogP contribution is -2.64. The van der Waals surface area contributed by atoms with E-state index in [0.29, 0.717) is 19.5 Å². The van der Waals surface area contributed by atoms with Crippen molar-refractivity contribution in [2.24, 2.45) is 0 Å². The van der Waals surface area contributed by atoms with Crippen molar-refractivity contribution in [3.8, 4) is 0 Å². The second-order valence-corrected chi connectivity index (χ2v) is 4.75. The van der Waals surface area contributed by atoms with Gasteiger partial charge in [-0.25, -0.2) is 4.39 Å². The standard InChI is InChI=1S/C11H21F3N/c1-3-4-5-8-15(2)9-6-7-10(12)11(15,13)14/h10H,3-9H2,1-2H3/q+1. The first-order valence-corrected chi connectivity index (χ1v) is 5.80. The van der Waals surface area contributed by atoms with Crippen molar-refractivity contribution < 1.29 is 17.7 Å². The normalized spacial score (nSPS) is 35.4. The molecule has 0 N–H and O–H groups in total. The first-order chi connectivity index (χ1) is 6.94. The zero-order valence-corrected chi connectivity index (χ0v) is 9.61. The minimum absolute atomic E-state index is 0.00855. The smallest absolute Gasteiger partial charge is 0.263 e. The Kier molecular flexibility index (Phi) is 4.04. The number of hydrogen-bond acceptors (Lipinski definition) is 0. The van der Waals surface area contributed by atoms with E-state index in [2.05, 4.69) is 0 Å². The van der Waals surface area contributed by atoms with Gasteiger partial charge in [-0.15, -0.1) is 8.78 Å². The topological polar surface area (TPSA) is 0 Å². The fourth-order valence-electron chi connectivity index (χ4n) is 2.25. The Bertz CT molecular complexity index is 208. The van der Waals surface area contributed by atoms with Crippen molar-refractivity contribution in [2.45, 2.75) is 51.2 Å². The molecule has 0 aliphatic carbocycles. The summed E-state index contributed by atoms with van der Waals surface area (Å²) in [6, 6.07) is -3.19. The number of piperidine rings is 1. The summed E-state index contributed by atoms with van der Waals surface area (Å²) < 4.78 is 40.1. The monoisotopic (exact) mass is 224 g/mol. The van der Waals surface area contributed by atoms with Gasteiger partial charge in [0.15, 0.2) is 0 Å². The molecule has 0 spiro atoms. The predicted octanol–water partition coefficient (Wildman–Crippen LogP) is 3.35. The van der Waals surface area contributed by atoms with Crippen LogP contribution in [0, 0.1) is 0 Å². The SMILES string of the molecule is CCCCC[N+]1(C)CCCC(F)C1(F)F. The Morgan fingerprint density at radius 1 is 1.33 bits per heavy atom. The molecule has 0 aromatic rings. The summed E-state index contributed by atoms with van der Waals surface area (Å²) in [4.78, 5) is 0. The van der Waals surface area contributed by atoms with Gasteiger partial charge in [0.25, 0.3) is 0 Å². The van der Waals surface area contributed by atoms with Crippen LogP contribution < -0.4 is 0 Å². The van der Waals surface area contributed by atoms with Gasteiger partial charge in [0, 0.05) is 0 Å². The molecule has 0 bridgehead atoms. The number of quaternary nitrogens is 1. The van der Waals surface area contributed by atoms with E-state index in [-0.39, 0.29) is 6.42 Å². The zero-order valence-electron chi connectivity index (χ0n) is 9.61. The maximum atomic E-state index is 13.7. The van der Waals surface area contributed by atoms with Crippen molar-refractivity contribution in [2.75, 3.05) is 20.1 Å². The van der Waals surface area contributed by atoms with E-state index in [4.69, 9.17) is 0 Å². The van der Waals surface area contributed by atoms with Gasteiger partial charge < -0.3 is 0 Å². The minimum Gasteiger partial charge on any atom is -0.263 e. The summed E-state index contributed by atoms with van der Waals surface area (Å²) in [6.07, 6.45) is 1.33. The van der Waals surface area contributed by atoms with Crippen molar-refractivity contribution in [3.05, 3.63) is 0 Å². The predicted molar refractivity (Wildman–Crippen MR) is 54.5 cm³/mol. The summed E-state index contributed by atoms with van der Waals surface area (Å²) in [7, 11) is 1.49. The van der Waals surface area contributed by atoms with Crippen molar-refractivity contribution in [1.82, 2.24) is 0 Å². The molecule has 1 fully saturated rings. The highest BCUT2D eigenvalue weighted by molar-refractivity contribution is 4.73. The summed E-state index contributed by atoms with van der Waals surface area (Å²) in [5.74, 6) is 0. The van der Waals surface area contributed by atoms with Crippen LogP contribution in [0.25, 0.3) is 0 Å². The van der Waals surface area contributed by atoms with Gasteiger partial charge in [-0.05, 0) is 25.7 Å². The van der Waals surface area contributed by atoms with Crippen LogP contribution in [-0.2, 0) is 0 Å². The van der Waals surface area contributed by atoms with Crippen LogP contribution in [0.2, 0.25) is 0 Å². The Labute approximate surface area is 89.8 Å². The van der Waals surface area contributed by atoms with Gasteiger partial charge in [0.1, 0.15) is 0 Å². The zero-order chi connectivity index (χ0) is 11.5. The molecule has 0 aromatic carbocycles. The maximum absolute atomic E-state index is 13.7. The van der Waals surface area contributed by atoms with Gasteiger partial charge in [-0.3, -0.25) is 4.48 Å². The highest BCUT2D eigenvalue weighted by Gasteiger charge is 2.58. The van der Waals surface area contributed by atoms with Crippen molar-refractivity contribution in [1.29, 1.82) is 0 Å². The summed E-state index contributed by atoms with van der Waals surface area (Å²) >= 11 is 0. The molecule has 0 amide bonds. The number of rotatable bonds is 4. The Hall–Kier alpha value is -0.250. The van der Waals surface area contributed by atoms with E-state index >= 15 is 0 Å². The van der Waals surface area contributed by atoms with Gasteiger partial charge >= 0.3 is 6.05 Å². The fourth-order valence-corrected chi connectivity index (χ4v) is 2.25. The van der Waals surface area contributed by atoms with E-state index in [1.807, 2.05) is 6.92 Å². The van der Waals surface area contributed by atoms with Crippen LogP contribution in [0.15, 0.2) is 0 Å². The molecule has 0 saturated carbocycles. The molecule has 1 nitrogen and oxygen atoms in total. The molecular weight excluding hydrogens is 203 g/mol. The largest absolute Gasteiger partial charge is 0.421 e. The van der Waals surface area contributed by atoms with Crippen LogP contribution in [0.1, 0.15) is 39.0 Å². The van der Waals surface area contributed by atoms with Gasteiger partial charge in [-0.1, -0.05) is 13.3 Å². The lowest BCUT2D eigenvalue weighted by molar-refractivity contribution is -1.00. The quantitative estimate of drug-likeness (QED) is 0.390. The first kappa shape index (κ1) is 12.8. The van der Waals surface area contributed by atoms with Crippen LogP contribution in [0.3, 0.4) is 0 Å².